The second-order valence-corrected chi connectivity index (χ2v) is 7.41. The molecule has 0 saturated carbocycles. The fourth-order valence-corrected chi connectivity index (χ4v) is 3.82. The van der Waals surface area contributed by atoms with Crippen molar-refractivity contribution in [2.24, 2.45) is 0 Å². The third-order valence-electron chi connectivity index (χ3n) is 4.77. The molecule has 0 bridgehead atoms. The van der Waals surface area contributed by atoms with Crippen LogP contribution in [0.1, 0.15) is 5.56 Å². The number of benzene rings is 3. The Balaban J connectivity index is 1.57. The molecule has 2 heterocycles. The molecule has 2 aliphatic rings. The van der Waals surface area contributed by atoms with Gasteiger partial charge in [0.2, 0.25) is 0 Å². The van der Waals surface area contributed by atoms with Crippen molar-refractivity contribution >= 4 is 26.7 Å². The first-order valence-electron chi connectivity index (χ1n) is 8.83. The summed E-state index contributed by atoms with van der Waals surface area (Å²) >= 11 is 3.62. The lowest BCUT2D eigenvalue weighted by molar-refractivity contribution is 0.786. The van der Waals surface area contributed by atoms with Crippen LogP contribution in [-0.2, 0) is 6.54 Å². The number of imidazole rings is 1. The maximum absolute atomic E-state index is 4.81. The van der Waals surface area contributed by atoms with E-state index >= 15 is 0 Å². The molecule has 3 aromatic carbocycles. The van der Waals surface area contributed by atoms with Crippen LogP contribution >= 0.6 is 15.9 Å². The predicted molar refractivity (Wildman–Crippen MR) is 113 cm³/mol. The zero-order valence-corrected chi connectivity index (χ0v) is 16.1. The van der Waals surface area contributed by atoms with Crippen LogP contribution in [0, 0.1) is 0 Å². The number of nitrogens with zero attached hydrogens (tertiary/aromatic N) is 3. The Kier molecular flexibility index (Phi) is 3.98. The van der Waals surface area contributed by atoms with Crippen molar-refractivity contribution in [3.05, 3.63) is 95.2 Å². The van der Waals surface area contributed by atoms with Gasteiger partial charge in [0.25, 0.3) is 0 Å². The summed E-state index contributed by atoms with van der Waals surface area (Å²) in [5.41, 5.74) is 4.13. The highest BCUT2D eigenvalue weighted by molar-refractivity contribution is 9.10. The normalized spacial score (nSPS) is 11.3. The largest absolute Gasteiger partial charge is 0.348 e. The molecule has 0 aliphatic carbocycles. The third-order valence-corrected chi connectivity index (χ3v) is 5.54. The number of hydrogen-bond donors (Lipinski definition) is 0. The summed E-state index contributed by atoms with van der Waals surface area (Å²) in [6.45, 7) is 0.786. The molecule has 0 N–H and O–H groups in total. The Morgan fingerprint density at radius 1 is 0.778 bits per heavy atom. The predicted octanol–water partition coefficient (Wildman–Crippen LogP) is 6.01. The number of aromatic nitrogens is 3. The van der Waals surface area contributed by atoms with Gasteiger partial charge in [-0.3, -0.25) is 0 Å². The Labute approximate surface area is 165 Å². The number of fused-ring (bicyclic) bond motifs is 2. The Hall–Kier alpha value is -2.98. The van der Waals surface area contributed by atoms with E-state index in [0.29, 0.717) is 0 Å². The van der Waals surface area contributed by atoms with Crippen molar-refractivity contribution in [3.8, 4) is 22.8 Å². The third kappa shape index (κ3) is 3.02. The van der Waals surface area contributed by atoms with Crippen molar-refractivity contribution < 1.29 is 0 Å². The van der Waals surface area contributed by atoms with Gasteiger partial charge in [-0.1, -0.05) is 76.6 Å². The highest BCUT2D eigenvalue weighted by Gasteiger charge is 2.14. The number of hydrogen-bond acceptors (Lipinski definition) is 2. The summed E-state index contributed by atoms with van der Waals surface area (Å²) in [7, 11) is 0. The van der Waals surface area contributed by atoms with Gasteiger partial charge < -0.3 is 4.57 Å². The van der Waals surface area contributed by atoms with E-state index in [1.54, 1.807) is 0 Å². The highest BCUT2D eigenvalue weighted by atomic mass is 79.9. The van der Waals surface area contributed by atoms with Crippen molar-refractivity contribution in [2.45, 2.75) is 6.54 Å². The van der Waals surface area contributed by atoms with Gasteiger partial charge in [0.05, 0.1) is 5.69 Å². The van der Waals surface area contributed by atoms with Crippen molar-refractivity contribution in [3.63, 3.8) is 0 Å². The van der Waals surface area contributed by atoms with Crippen LogP contribution in [0.3, 0.4) is 0 Å². The fraction of sp³-hybridized carbons (Fsp3) is 0.0435. The van der Waals surface area contributed by atoms with Gasteiger partial charge >= 0.3 is 0 Å². The summed E-state index contributed by atoms with van der Waals surface area (Å²) in [6, 6.07) is 24.9. The smallest absolute Gasteiger partial charge is 0.161 e. The molecule has 27 heavy (non-hydrogen) atoms. The molecule has 0 spiro atoms. The molecule has 130 valence electrons. The number of pyridine rings is 1. The molecule has 0 amide bonds. The Morgan fingerprint density at radius 2 is 1.56 bits per heavy atom. The summed E-state index contributed by atoms with van der Waals surface area (Å²) < 4.78 is 3.26. The molecule has 3 nitrogen and oxygen atoms in total. The van der Waals surface area contributed by atoms with E-state index in [-0.39, 0.29) is 0 Å². The molecule has 0 radical (unpaired) electrons. The van der Waals surface area contributed by atoms with E-state index in [4.69, 9.17) is 9.97 Å². The average Bonchev–Trinajstić information content (AvgIpc) is 3.12. The minimum Gasteiger partial charge on any atom is -0.348 e. The molecule has 5 rings (SSSR count). The molecule has 0 fully saturated rings. The maximum atomic E-state index is 4.81. The highest BCUT2D eigenvalue weighted by Crippen LogP contribution is 2.30. The minimum absolute atomic E-state index is 0.778. The molecule has 0 atom stereocenters. The van der Waals surface area contributed by atoms with Gasteiger partial charge in [-0.2, -0.15) is 0 Å². The zero-order chi connectivity index (χ0) is 18.2. The first-order valence-corrected chi connectivity index (χ1v) is 9.62. The van der Waals surface area contributed by atoms with Gasteiger partial charge in [0.15, 0.2) is 5.82 Å². The molecule has 4 heteroatoms. The molecule has 0 aromatic heterocycles. The molecular formula is C23H16BrN3. The van der Waals surface area contributed by atoms with Crippen LogP contribution in [0.4, 0.5) is 0 Å². The SMILES string of the molecule is Brc1ccccc1Cn1ccc2nc(-c3cccc4ccccc34)nc-2c1. The summed E-state index contributed by atoms with van der Waals surface area (Å²) in [6.07, 6.45) is 4.12. The minimum atomic E-state index is 0.778. The van der Waals surface area contributed by atoms with E-state index in [9.17, 15) is 0 Å². The van der Waals surface area contributed by atoms with E-state index in [1.165, 1.54) is 16.3 Å². The lowest BCUT2D eigenvalue weighted by atomic mass is 10.0. The van der Waals surface area contributed by atoms with Crippen LogP contribution in [0.15, 0.2) is 89.7 Å². The van der Waals surface area contributed by atoms with Crippen LogP contribution in [0.2, 0.25) is 0 Å². The average molecular weight is 414 g/mol. The second kappa shape index (κ2) is 6.63. The van der Waals surface area contributed by atoms with E-state index in [1.807, 2.05) is 12.1 Å². The van der Waals surface area contributed by atoms with E-state index in [2.05, 4.69) is 93.6 Å². The Bertz CT molecular complexity index is 1220. The molecule has 3 aromatic rings. The lowest BCUT2D eigenvalue weighted by Gasteiger charge is -2.09. The lowest BCUT2D eigenvalue weighted by Crippen LogP contribution is -2.01. The van der Waals surface area contributed by atoms with E-state index < -0.39 is 0 Å². The number of rotatable bonds is 3. The van der Waals surface area contributed by atoms with Gasteiger partial charge in [0, 0.05) is 29.0 Å². The molecule has 2 aliphatic heterocycles. The molecule has 0 saturated heterocycles. The van der Waals surface area contributed by atoms with Gasteiger partial charge in [-0.25, -0.2) is 9.97 Å². The van der Waals surface area contributed by atoms with Crippen molar-refractivity contribution in [1.82, 2.24) is 14.5 Å². The zero-order valence-electron chi connectivity index (χ0n) is 14.5. The van der Waals surface area contributed by atoms with Gasteiger partial charge in [-0.05, 0) is 28.5 Å². The summed E-state index contributed by atoms with van der Waals surface area (Å²) in [5, 5.41) is 2.38. The standard InChI is InChI=1S/C23H16BrN3/c24-20-11-4-2-7-17(20)14-27-13-12-21-22(15-27)26-23(25-21)19-10-5-8-16-6-1-3-9-18(16)19/h1-13,15H,14H2. The first kappa shape index (κ1) is 16.2. The van der Waals surface area contributed by atoms with Crippen LogP contribution in [0.5, 0.6) is 0 Å². The summed E-state index contributed by atoms with van der Waals surface area (Å²) in [4.78, 5) is 9.58. The number of halogens is 1. The van der Waals surface area contributed by atoms with Crippen LogP contribution in [0.25, 0.3) is 33.5 Å². The topological polar surface area (TPSA) is 30.7 Å². The van der Waals surface area contributed by atoms with Crippen LogP contribution < -0.4 is 0 Å². The summed E-state index contributed by atoms with van der Waals surface area (Å²) in [5.74, 6) is 0.778. The van der Waals surface area contributed by atoms with Crippen molar-refractivity contribution in [1.29, 1.82) is 0 Å². The van der Waals surface area contributed by atoms with Crippen LogP contribution in [-0.4, -0.2) is 14.5 Å². The van der Waals surface area contributed by atoms with Gasteiger partial charge in [-0.15, -0.1) is 0 Å². The quantitative estimate of drug-likeness (QED) is 0.362. The molecular weight excluding hydrogens is 398 g/mol. The Morgan fingerprint density at radius 3 is 2.48 bits per heavy atom. The fourth-order valence-electron chi connectivity index (χ4n) is 3.41. The van der Waals surface area contributed by atoms with E-state index in [0.717, 1.165) is 33.8 Å². The first-order chi connectivity index (χ1) is 13.3. The molecule has 0 unspecified atom stereocenters. The second-order valence-electron chi connectivity index (χ2n) is 6.55. The monoisotopic (exact) mass is 413 g/mol. The maximum Gasteiger partial charge on any atom is 0.161 e. The van der Waals surface area contributed by atoms with Crippen molar-refractivity contribution in [2.75, 3.05) is 0 Å². The van der Waals surface area contributed by atoms with Gasteiger partial charge in [0.1, 0.15) is 5.69 Å².